The Morgan fingerprint density at radius 2 is 1.73 bits per heavy atom. The summed E-state index contributed by atoms with van der Waals surface area (Å²) in [5.41, 5.74) is 0. The molecule has 15 heavy (non-hydrogen) atoms. The molecule has 0 aliphatic carbocycles. The average molecular weight is 225 g/mol. The van der Waals surface area contributed by atoms with Crippen LogP contribution in [0, 0.1) is 0 Å². The van der Waals surface area contributed by atoms with Crippen molar-refractivity contribution in [2.24, 2.45) is 0 Å². The van der Waals surface area contributed by atoms with Crippen molar-refractivity contribution in [3.63, 3.8) is 0 Å². The molecule has 0 fully saturated rings. The van der Waals surface area contributed by atoms with E-state index in [2.05, 4.69) is 16.9 Å². The Balaban J connectivity index is 1.93. The molecule has 0 atom stereocenters. The lowest BCUT2D eigenvalue weighted by Gasteiger charge is -2.03. The molecule has 0 aromatic heterocycles. The summed E-state index contributed by atoms with van der Waals surface area (Å²) in [6, 6.07) is 10.3. The minimum atomic E-state index is 0.326. The van der Waals surface area contributed by atoms with Gasteiger partial charge in [-0.25, -0.2) is 0 Å². The number of hydrogen-bond acceptors (Lipinski definition) is 3. The maximum Gasteiger partial charge on any atom is 0.0431 e. The van der Waals surface area contributed by atoms with Crippen molar-refractivity contribution in [1.82, 2.24) is 4.72 Å². The highest BCUT2D eigenvalue weighted by molar-refractivity contribution is 7.97. The Labute approximate surface area is 96.2 Å². The van der Waals surface area contributed by atoms with Gasteiger partial charge in [-0.15, -0.1) is 0 Å². The van der Waals surface area contributed by atoms with Gasteiger partial charge in [0.05, 0.1) is 0 Å². The van der Waals surface area contributed by atoms with Crippen LogP contribution in [0.1, 0.15) is 25.7 Å². The van der Waals surface area contributed by atoms with Gasteiger partial charge in [0.2, 0.25) is 0 Å². The van der Waals surface area contributed by atoms with Crippen molar-refractivity contribution in [1.29, 1.82) is 0 Å². The zero-order valence-electron chi connectivity index (χ0n) is 8.98. The highest BCUT2D eigenvalue weighted by Gasteiger charge is 1.92. The van der Waals surface area contributed by atoms with Crippen LogP contribution in [0.2, 0.25) is 0 Å². The fourth-order valence-corrected chi connectivity index (χ4v) is 1.99. The summed E-state index contributed by atoms with van der Waals surface area (Å²) in [6.07, 6.45) is 4.45. The zero-order valence-corrected chi connectivity index (χ0v) is 9.80. The summed E-state index contributed by atoms with van der Waals surface area (Å²) in [5, 5.41) is 8.60. The first kappa shape index (κ1) is 12.6. The molecule has 3 heteroatoms. The molecule has 1 rings (SSSR count). The fourth-order valence-electron chi connectivity index (χ4n) is 1.29. The Bertz CT molecular complexity index is 241. The topological polar surface area (TPSA) is 32.3 Å². The lowest BCUT2D eigenvalue weighted by molar-refractivity contribution is 0.282. The zero-order chi connectivity index (χ0) is 10.8. The van der Waals surface area contributed by atoms with Crippen molar-refractivity contribution in [3.05, 3.63) is 30.3 Å². The maximum absolute atomic E-state index is 8.60. The van der Waals surface area contributed by atoms with Gasteiger partial charge in [0.1, 0.15) is 0 Å². The van der Waals surface area contributed by atoms with Gasteiger partial charge in [-0.1, -0.05) is 31.0 Å². The molecule has 0 unspecified atom stereocenters. The van der Waals surface area contributed by atoms with Crippen LogP contribution in [0.5, 0.6) is 0 Å². The van der Waals surface area contributed by atoms with E-state index < -0.39 is 0 Å². The predicted octanol–water partition coefficient (Wildman–Crippen LogP) is 2.84. The second-order valence-electron chi connectivity index (χ2n) is 3.45. The van der Waals surface area contributed by atoms with Crippen LogP contribution in [0.25, 0.3) is 0 Å². The van der Waals surface area contributed by atoms with E-state index in [-0.39, 0.29) is 0 Å². The molecule has 0 aliphatic heterocycles. The van der Waals surface area contributed by atoms with E-state index in [9.17, 15) is 0 Å². The van der Waals surface area contributed by atoms with Crippen molar-refractivity contribution in [3.8, 4) is 0 Å². The standard InChI is InChI=1S/C12H19NOS/c14-11-7-2-1-6-10-13-15-12-8-4-3-5-9-12/h3-5,8-9,13-14H,1-2,6-7,10-11H2. The molecule has 0 amide bonds. The molecule has 1 aromatic carbocycles. The summed E-state index contributed by atoms with van der Waals surface area (Å²) < 4.78 is 3.33. The van der Waals surface area contributed by atoms with Crippen LogP contribution in [0.15, 0.2) is 35.2 Å². The minimum Gasteiger partial charge on any atom is -0.396 e. The monoisotopic (exact) mass is 225 g/mol. The van der Waals surface area contributed by atoms with E-state index in [1.165, 1.54) is 17.7 Å². The van der Waals surface area contributed by atoms with Crippen LogP contribution in [0.4, 0.5) is 0 Å². The second-order valence-corrected chi connectivity index (χ2v) is 4.41. The third-order valence-electron chi connectivity index (χ3n) is 2.12. The van der Waals surface area contributed by atoms with Crippen LogP contribution < -0.4 is 4.72 Å². The fraction of sp³-hybridized carbons (Fsp3) is 0.500. The molecule has 0 saturated heterocycles. The molecule has 2 nitrogen and oxygen atoms in total. The molecule has 0 aliphatic rings. The number of hydrogen-bond donors (Lipinski definition) is 2. The Kier molecular flexibility index (Phi) is 7.34. The van der Waals surface area contributed by atoms with Gasteiger partial charge in [-0.3, -0.25) is 4.72 Å². The lowest BCUT2D eigenvalue weighted by Crippen LogP contribution is -2.04. The van der Waals surface area contributed by atoms with Gasteiger partial charge in [-0.05, 0) is 36.9 Å². The van der Waals surface area contributed by atoms with Crippen molar-refractivity contribution < 1.29 is 5.11 Å². The molecule has 84 valence electrons. The first-order valence-corrected chi connectivity index (χ1v) is 6.31. The molecule has 0 heterocycles. The summed E-state index contributed by atoms with van der Waals surface area (Å²) in [6.45, 7) is 1.36. The number of unbranched alkanes of at least 4 members (excludes halogenated alkanes) is 3. The third kappa shape index (κ3) is 6.55. The quantitative estimate of drug-likeness (QED) is 0.527. The van der Waals surface area contributed by atoms with Gasteiger partial charge < -0.3 is 5.11 Å². The highest BCUT2D eigenvalue weighted by Crippen LogP contribution is 2.12. The summed E-state index contributed by atoms with van der Waals surface area (Å²) >= 11 is 1.68. The van der Waals surface area contributed by atoms with E-state index in [1.807, 2.05) is 18.2 Å². The molecule has 0 bridgehead atoms. The van der Waals surface area contributed by atoms with Gasteiger partial charge in [-0.2, -0.15) is 0 Å². The molecule has 2 N–H and O–H groups in total. The van der Waals surface area contributed by atoms with E-state index in [4.69, 9.17) is 5.11 Å². The Hall–Kier alpha value is -0.510. The molecule has 0 spiro atoms. The van der Waals surface area contributed by atoms with Gasteiger partial charge in [0.15, 0.2) is 0 Å². The molecule has 0 radical (unpaired) electrons. The molecule has 1 aromatic rings. The highest BCUT2D eigenvalue weighted by atomic mass is 32.2. The first-order valence-electron chi connectivity index (χ1n) is 5.49. The number of nitrogens with one attached hydrogen (secondary N) is 1. The van der Waals surface area contributed by atoms with E-state index in [0.29, 0.717) is 6.61 Å². The van der Waals surface area contributed by atoms with Gasteiger partial charge in [0.25, 0.3) is 0 Å². The molecular weight excluding hydrogens is 206 g/mol. The molecule has 0 saturated carbocycles. The van der Waals surface area contributed by atoms with Crippen LogP contribution in [-0.2, 0) is 0 Å². The smallest absolute Gasteiger partial charge is 0.0431 e. The average Bonchev–Trinajstić information content (AvgIpc) is 2.29. The predicted molar refractivity (Wildman–Crippen MR) is 65.9 cm³/mol. The third-order valence-corrected chi connectivity index (χ3v) is 2.98. The van der Waals surface area contributed by atoms with Gasteiger partial charge >= 0.3 is 0 Å². The Morgan fingerprint density at radius 1 is 1.00 bits per heavy atom. The molecular formula is C12H19NOS. The summed E-state index contributed by atoms with van der Waals surface area (Å²) in [7, 11) is 0. The second kappa shape index (κ2) is 8.77. The lowest BCUT2D eigenvalue weighted by atomic mass is 10.2. The Morgan fingerprint density at radius 3 is 2.47 bits per heavy atom. The largest absolute Gasteiger partial charge is 0.396 e. The normalized spacial score (nSPS) is 10.5. The first-order chi connectivity index (χ1) is 7.43. The summed E-state index contributed by atoms with van der Waals surface area (Å²) in [4.78, 5) is 1.26. The van der Waals surface area contributed by atoms with Crippen molar-refractivity contribution in [2.45, 2.75) is 30.6 Å². The van der Waals surface area contributed by atoms with Crippen LogP contribution in [-0.4, -0.2) is 18.3 Å². The maximum atomic E-state index is 8.60. The number of aliphatic hydroxyl groups excluding tert-OH is 1. The van der Waals surface area contributed by atoms with Crippen molar-refractivity contribution in [2.75, 3.05) is 13.2 Å². The van der Waals surface area contributed by atoms with Crippen LogP contribution in [0.3, 0.4) is 0 Å². The number of rotatable bonds is 8. The number of aliphatic hydroxyl groups is 1. The van der Waals surface area contributed by atoms with E-state index in [0.717, 1.165) is 19.4 Å². The van der Waals surface area contributed by atoms with Crippen LogP contribution >= 0.6 is 11.9 Å². The number of benzene rings is 1. The SMILES string of the molecule is OCCCCCCNSc1ccccc1. The van der Waals surface area contributed by atoms with Gasteiger partial charge in [0, 0.05) is 18.0 Å². The van der Waals surface area contributed by atoms with E-state index >= 15 is 0 Å². The minimum absolute atomic E-state index is 0.326. The summed E-state index contributed by atoms with van der Waals surface area (Å²) in [5.74, 6) is 0. The van der Waals surface area contributed by atoms with E-state index in [1.54, 1.807) is 11.9 Å². The van der Waals surface area contributed by atoms with Crippen molar-refractivity contribution >= 4 is 11.9 Å².